The molecule has 0 aromatic heterocycles. The topological polar surface area (TPSA) is 37.3 Å². The first kappa shape index (κ1) is 19.0. The fraction of sp³-hybridized carbons (Fsp3) is 1.00. The van der Waals surface area contributed by atoms with Gasteiger partial charge in [0.05, 0.1) is 0 Å². The highest BCUT2D eigenvalue weighted by Gasteiger charge is 2.04. The summed E-state index contributed by atoms with van der Waals surface area (Å²) < 4.78 is 19.0. The van der Waals surface area contributed by atoms with E-state index in [-0.39, 0.29) is 0 Å². The first-order valence-corrected chi connectivity index (χ1v) is 9.62. The molecule has 0 rings (SSSR count). The van der Waals surface area contributed by atoms with Crippen LogP contribution in [-0.4, -0.2) is 10.3 Å². The Morgan fingerprint density at radius 1 is 0.632 bits per heavy atom. The zero-order valence-electron chi connectivity index (χ0n) is 12.9. The summed E-state index contributed by atoms with van der Waals surface area (Å²) in [6.45, 7) is 2.27. The molecule has 19 heavy (non-hydrogen) atoms. The van der Waals surface area contributed by atoms with Gasteiger partial charge < -0.3 is 0 Å². The molecule has 0 heterocycles. The largest absolute Gasteiger partial charge is 0.353 e. The molecule has 0 aliphatic rings. The smallest absolute Gasteiger partial charge is 0.130 e. The van der Waals surface area contributed by atoms with Crippen LogP contribution < -0.4 is 0 Å². The lowest BCUT2D eigenvalue weighted by molar-refractivity contribution is 0.513. The molecule has 2 nitrogen and oxygen atoms in total. The second-order valence-corrected chi connectivity index (χ2v) is 6.67. The molecule has 0 saturated carbocycles. The first-order chi connectivity index (χ1) is 9.27. The maximum Gasteiger partial charge on any atom is 0.353 e. The van der Waals surface area contributed by atoms with Gasteiger partial charge >= 0.3 is 11.1 Å². The van der Waals surface area contributed by atoms with E-state index in [1.165, 1.54) is 77.0 Å². The Hall–Kier alpha value is -0.0200. The maximum atomic E-state index is 10.4. The van der Waals surface area contributed by atoms with Gasteiger partial charge in [-0.25, -0.2) is 0 Å². The summed E-state index contributed by atoms with van der Waals surface area (Å²) in [6.07, 6.45) is 18.5. The molecular weight excluding hydrogens is 256 g/mol. The normalized spacial score (nSPS) is 11.8. The predicted octanol–water partition coefficient (Wildman–Crippen LogP) is 5.90. The Kier molecular flexibility index (Phi) is 16.0. The number of hydrogen-bond acceptors (Lipinski definition) is 1. The van der Waals surface area contributed by atoms with Crippen LogP contribution in [0.25, 0.3) is 0 Å². The molecule has 0 spiro atoms. The second-order valence-electron chi connectivity index (χ2n) is 5.62. The summed E-state index contributed by atoms with van der Waals surface area (Å²) in [5.41, 5.74) is 0. The van der Waals surface area contributed by atoms with Gasteiger partial charge in [-0.05, 0) is 6.42 Å². The van der Waals surface area contributed by atoms with Gasteiger partial charge in [0.25, 0.3) is 0 Å². The van der Waals surface area contributed by atoms with Crippen molar-refractivity contribution in [2.75, 3.05) is 5.75 Å². The predicted molar refractivity (Wildman–Crippen MR) is 85.9 cm³/mol. The molecule has 0 bridgehead atoms. The SMILES string of the molecule is CCCCCCCCCCCCCCCC[S+](=O)O. The van der Waals surface area contributed by atoms with Crippen molar-refractivity contribution in [1.82, 2.24) is 0 Å². The molecule has 0 aromatic rings. The van der Waals surface area contributed by atoms with Crippen LogP contribution >= 0.6 is 0 Å². The molecule has 0 aliphatic carbocycles. The van der Waals surface area contributed by atoms with Crippen LogP contribution in [-0.2, 0) is 15.3 Å². The zero-order chi connectivity index (χ0) is 14.2. The van der Waals surface area contributed by atoms with Gasteiger partial charge in [-0.15, -0.1) is 4.55 Å². The van der Waals surface area contributed by atoms with Crippen LogP contribution in [0.15, 0.2) is 0 Å². The Labute approximate surface area is 123 Å². The first-order valence-electron chi connectivity index (χ1n) is 8.35. The summed E-state index contributed by atoms with van der Waals surface area (Å²) in [5.74, 6) is 0.456. The van der Waals surface area contributed by atoms with E-state index >= 15 is 0 Å². The van der Waals surface area contributed by atoms with E-state index in [2.05, 4.69) is 6.92 Å². The standard InChI is InChI=1S/C16H34O2S/c1-2-3-4-5-6-7-8-9-10-11-12-13-14-15-16-19(17)18/h2-16H2,1H3,(H,17,18)/q+1. The number of rotatable bonds is 15. The average Bonchev–Trinajstić information content (AvgIpc) is 2.39. The van der Waals surface area contributed by atoms with Gasteiger partial charge in [-0.2, -0.15) is 0 Å². The van der Waals surface area contributed by atoms with Gasteiger partial charge in [0.2, 0.25) is 5.75 Å². The molecule has 1 atom stereocenters. The summed E-state index contributed by atoms with van der Waals surface area (Å²) in [6, 6.07) is 0. The molecular formula is C16H34O2S+. The van der Waals surface area contributed by atoms with E-state index in [0.29, 0.717) is 5.75 Å². The van der Waals surface area contributed by atoms with Crippen molar-refractivity contribution in [3.05, 3.63) is 0 Å². The third kappa shape index (κ3) is 18.0. The van der Waals surface area contributed by atoms with Crippen LogP contribution in [0.1, 0.15) is 96.8 Å². The van der Waals surface area contributed by atoms with E-state index in [4.69, 9.17) is 4.55 Å². The Balaban J connectivity index is 2.93. The van der Waals surface area contributed by atoms with Gasteiger partial charge in [0, 0.05) is 10.6 Å². The fourth-order valence-electron chi connectivity index (χ4n) is 2.42. The molecule has 1 N–H and O–H groups in total. The van der Waals surface area contributed by atoms with Crippen LogP contribution in [0.4, 0.5) is 0 Å². The van der Waals surface area contributed by atoms with E-state index in [0.717, 1.165) is 12.8 Å². The molecule has 0 aliphatic heterocycles. The van der Waals surface area contributed by atoms with Crippen LogP contribution in [0, 0.1) is 0 Å². The number of hydrogen-bond donors (Lipinski definition) is 1. The van der Waals surface area contributed by atoms with Crippen molar-refractivity contribution in [3.63, 3.8) is 0 Å². The van der Waals surface area contributed by atoms with Crippen molar-refractivity contribution in [1.29, 1.82) is 0 Å². The van der Waals surface area contributed by atoms with Crippen molar-refractivity contribution >= 4 is 11.1 Å². The third-order valence-electron chi connectivity index (χ3n) is 3.67. The van der Waals surface area contributed by atoms with Crippen LogP contribution in [0.3, 0.4) is 0 Å². The lowest BCUT2D eigenvalue weighted by atomic mass is 10.0. The molecule has 1 unspecified atom stereocenters. The van der Waals surface area contributed by atoms with Crippen molar-refractivity contribution in [2.24, 2.45) is 0 Å². The minimum Gasteiger partial charge on any atom is -0.130 e. The Morgan fingerprint density at radius 3 is 1.26 bits per heavy atom. The molecule has 1 radical (unpaired) electrons. The highest BCUT2D eigenvalue weighted by Crippen LogP contribution is 2.12. The van der Waals surface area contributed by atoms with Crippen molar-refractivity contribution in [2.45, 2.75) is 96.8 Å². The van der Waals surface area contributed by atoms with Crippen LogP contribution in [0.2, 0.25) is 0 Å². The Morgan fingerprint density at radius 2 is 0.947 bits per heavy atom. The molecule has 3 heteroatoms. The van der Waals surface area contributed by atoms with E-state index in [9.17, 15) is 4.21 Å². The molecule has 0 fully saturated rings. The summed E-state index contributed by atoms with van der Waals surface area (Å²) >= 11 is -1.58. The third-order valence-corrected chi connectivity index (χ3v) is 4.31. The van der Waals surface area contributed by atoms with Gasteiger partial charge in [0.15, 0.2) is 0 Å². The monoisotopic (exact) mass is 290 g/mol. The minimum atomic E-state index is -1.58. The van der Waals surface area contributed by atoms with E-state index in [1.54, 1.807) is 0 Å². The minimum absolute atomic E-state index is 0.456. The highest BCUT2D eigenvalue weighted by molar-refractivity contribution is 7.79. The van der Waals surface area contributed by atoms with Gasteiger partial charge in [0.1, 0.15) is 0 Å². The summed E-state index contributed by atoms with van der Waals surface area (Å²) in [7, 11) is 0. The number of unbranched alkanes of at least 4 members (excludes halogenated alkanes) is 13. The summed E-state index contributed by atoms with van der Waals surface area (Å²) in [5, 5.41) is 0. The van der Waals surface area contributed by atoms with Gasteiger partial charge in [-0.3, -0.25) is 0 Å². The van der Waals surface area contributed by atoms with Crippen LogP contribution in [0.5, 0.6) is 0 Å². The highest BCUT2D eigenvalue weighted by atomic mass is 32.2. The maximum absolute atomic E-state index is 10.4. The van der Waals surface area contributed by atoms with Crippen molar-refractivity contribution in [3.8, 4) is 0 Å². The van der Waals surface area contributed by atoms with Crippen molar-refractivity contribution < 1.29 is 8.76 Å². The molecule has 0 aromatic carbocycles. The molecule has 0 amide bonds. The molecule has 115 valence electrons. The average molecular weight is 291 g/mol. The van der Waals surface area contributed by atoms with E-state index < -0.39 is 11.1 Å². The molecule has 0 saturated heterocycles. The lowest BCUT2D eigenvalue weighted by Crippen LogP contribution is -1.93. The quantitative estimate of drug-likeness (QED) is 0.231. The lowest BCUT2D eigenvalue weighted by Gasteiger charge is -2.02. The Bertz CT molecular complexity index is 195. The summed E-state index contributed by atoms with van der Waals surface area (Å²) in [4.78, 5) is 0. The fourth-order valence-corrected chi connectivity index (χ4v) is 2.87. The zero-order valence-corrected chi connectivity index (χ0v) is 13.7. The van der Waals surface area contributed by atoms with Gasteiger partial charge in [-0.1, -0.05) is 84.0 Å². The second kappa shape index (κ2) is 16.0. The van der Waals surface area contributed by atoms with E-state index in [1.807, 2.05) is 0 Å².